The Morgan fingerprint density at radius 1 is 1.29 bits per heavy atom. The van der Waals surface area contributed by atoms with E-state index < -0.39 is 10.0 Å². The van der Waals surface area contributed by atoms with Crippen LogP contribution in [0.5, 0.6) is 5.75 Å². The Morgan fingerprint density at radius 2 is 1.86 bits per heavy atom. The third-order valence-electron chi connectivity index (χ3n) is 3.49. The summed E-state index contributed by atoms with van der Waals surface area (Å²) in [6, 6.07) is 7.21. The van der Waals surface area contributed by atoms with Crippen LogP contribution in [0.1, 0.15) is 18.5 Å². The van der Waals surface area contributed by atoms with Crippen molar-refractivity contribution in [3.05, 3.63) is 29.8 Å². The fraction of sp³-hybridized carbons (Fsp3) is 0.500. The van der Waals surface area contributed by atoms with Gasteiger partial charge in [-0.3, -0.25) is 4.79 Å². The Balaban J connectivity index is 2.87. The first-order valence-corrected chi connectivity index (χ1v) is 8.33. The second-order valence-corrected chi connectivity index (χ2v) is 7.03. The number of amides is 1. The van der Waals surface area contributed by atoms with Crippen molar-refractivity contribution in [2.45, 2.75) is 13.0 Å². The molecule has 1 amide bonds. The molecule has 1 aromatic carbocycles. The van der Waals surface area contributed by atoms with Crippen molar-refractivity contribution >= 4 is 15.9 Å². The minimum absolute atomic E-state index is 0.186. The summed E-state index contributed by atoms with van der Waals surface area (Å²) in [5.74, 6) is 0.419. The molecule has 0 saturated heterocycles. The molecule has 0 radical (unpaired) electrons. The number of sulfonamides is 1. The summed E-state index contributed by atoms with van der Waals surface area (Å²) in [4.78, 5) is 13.7. The SMILES string of the molecule is COc1ccccc1[C@H](C)N(C)C(=O)CN(C)S(C)(=O)=O. The average molecular weight is 314 g/mol. The van der Waals surface area contributed by atoms with Gasteiger partial charge in [-0.25, -0.2) is 8.42 Å². The highest BCUT2D eigenvalue weighted by Crippen LogP contribution is 2.28. The van der Waals surface area contributed by atoms with Gasteiger partial charge in [0.2, 0.25) is 15.9 Å². The van der Waals surface area contributed by atoms with Crippen molar-refractivity contribution in [2.24, 2.45) is 0 Å². The molecule has 0 unspecified atom stereocenters. The van der Waals surface area contributed by atoms with E-state index in [1.165, 1.54) is 11.9 Å². The van der Waals surface area contributed by atoms with Gasteiger partial charge in [0.05, 0.1) is 26.0 Å². The first kappa shape index (κ1) is 17.5. The number of carbonyl (C=O) groups excluding carboxylic acids is 1. The number of carbonyl (C=O) groups is 1. The van der Waals surface area contributed by atoms with Gasteiger partial charge in [0.25, 0.3) is 0 Å². The number of likely N-dealkylation sites (N-methyl/N-ethyl adjacent to an activating group) is 2. The van der Waals surface area contributed by atoms with Gasteiger partial charge in [-0.15, -0.1) is 0 Å². The maximum absolute atomic E-state index is 12.2. The van der Waals surface area contributed by atoms with E-state index in [0.29, 0.717) is 5.75 Å². The summed E-state index contributed by atoms with van der Waals surface area (Å²) >= 11 is 0. The predicted octanol–water partition coefficient (Wildman–Crippen LogP) is 1.11. The van der Waals surface area contributed by atoms with Gasteiger partial charge in [0.1, 0.15) is 5.75 Å². The molecule has 0 fully saturated rings. The van der Waals surface area contributed by atoms with Crippen LogP contribution in [0.3, 0.4) is 0 Å². The molecule has 0 aromatic heterocycles. The van der Waals surface area contributed by atoms with E-state index >= 15 is 0 Å². The topological polar surface area (TPSA) is 66.9 Å². The van der Waals surface area contributed by atoms with Crippen LogP contribution in [0, 0.1) is 0 Å². The second-order valence-electron chi connectivity index (χ2n) is 4.94. The van der Waals surface area contributed by atoms with Crippen LogP contribution in [0.4, 0.5) is 0 Å². The Bertz CT molecular complexity index is 601. The first-order valence-electron chi connectivity index (χ1n) is 6.48. The smallest absolute Gasteiger partial charge is 0.238 e. The molecule has 21 heavy (non-hydrogen) atoms. The lowest BCUT2D eigenvalue weighted by atomic mass is 10.1. The lowest BCUT2D eigenvalue weighted by Gasteiger charge is -2.28. The van der Waals surface area contributed by atoms with E-state index in [0.717, 1.165) is 16.1 Å². The lowest BCUT2D eigenvalue weighted by Crippen LogP contribution is -2.40. The molecule has 0 bridgehead atoms. The molecule has 0 aliphatic rings. The molecule has 1 rings (SSSR count). The number of ether oxygens (including phenoxy) is 1. The molecule has 1 atom stereocenters. The third-order valence-corrected chi connectivity index (χ3v) is 4.75. The van der Waals surface area contributed by atoms with Crippen LogP contribution in [0.25, 0.3) is 0 Å². The first-order chi connectivity index (χ1) is 9.68. The zero-order valence-corrected chi connectivity index (χ0v) is 13.8. The Hall–Kier alpha value is -1.60. The number of para-hydroxylation sites is 1. The van der Waals surface area contributed by atoms with Crippen LogP contribution in [0.15, 0.2) is 24.3 Å². The second kappa shape index (κ2) is 6.91. The summed E-state index contributed by atoms with van der Waals surface area (Å²) in [6.45, 7) is 1.69. The molecule has 0 aliphatic carbocycles. The average Bonchev–Trinajstić information content (AvgIpc) is 2.44. The Labute approximate surface area is 126 Å². The number of nitrogens with zero attached hydrogens (tertiary/aromatic N) is 2. The van der Waals surface area contributed by atoms with E-state index in [1.807, 2.05) is 31.2 Å². The number of hydrogen-bond donors (Lipinski definition) is 0. The molecule has 0 saturated carbocycles. The standard InChI is InChI=1S/C14H22N2O4S/c1-11(12-8-6-7-9-13(12)20-4)16(3)14(17)10-15(2)21(5,18)19/h6-9,11H,10H2,1-5H3/t11-/m0/s1. The maximum atomic E-state index is 12.2. The molecular formula is C14H22N2O4S. The van der Waals surface area contributed by atoms with Crippen LogP contribution in [0.2, 0.25) is 0 Å². The summed E-state index contributed by atoms with van der Waals surface area (Å²) in [5, 5.41) is 0. The highest BCUT2D eigenvalue weighted by molar-refractivity contribution is 7.88. The van der Waals surface area contributed by atoms with E-state index in [2.05, 4.69) is 0 Å². The normalized spacial score (nSPS) is 13.0. The summed E-state index contributed by atoms with van der Waals surface area (Å²) in [7, 11) is 1.23. The van der Waals surface area contributed by atoms with Crippen LogP contribution >= 0.6 is 0 Å². The number of rotatable bonds is 6. The summed E-state index contributed by atoms with van der Waals surface area (Å²) in [6.07, 6.45) is 1.07. The monoisotopic (exact) mass is 314 g/mol. The van der Waals surface area contributed by atoms with Gasteiger partial charge in [0, 0.05) is 19.7 Å². The van der Waals surface area contributed by atoms with Crippen LogP contribution in [-0.4, -0.2) is 57.5 Å². The molecular weight excluding hydrogens is 292 g/mol. The highest BCUT2D eigenvalue weighted by Gasteiger charge is 2.23. The Kier molecular flexibility index (Phi) is 5.74. The highest BCUT2D eigenvalue weighted by atomic mass is 32.2. The molecule has 118 valence electrons. The van der Waals surface area contributed by atoms with Gasteiger partial charge in [-0.05, 0) is 13.0 Å². The van der Waals surface area contributed by atoms with Crippen molar-refractivity contribution in [2.75, 3.05) is 34.0 Å². The minimum atomic E-state index is -3.37. The van der Waals surface area contributed by atoms with E-state index in [1.54, 1.807) is 14.2 Å². The van der Waals surface area contributed by atoms with Crippen LogP contribution < -0.4 is 4.74 Å². The minimum Gasteiger partial charge on any atom is -0.496 e. The molecule has 0 heterocycles. The fourth-order valence-electron chi connectivity index (χ4n) is 1.86. The molecule has 7 heteroatoms. The zero-order chi connectivity index (χ0) is 16.2. The van der Waals surface area contributed by atoms with Gasteiger partial charge >= 0.3 is 0 Å². The van der Waals surface area contributed by atoms with Crippen LogP contribution in [-0.2, 0) is 14.8 Å². The van der Waals surface area contributed by atoms with Crippen molar-refractivity contribution in [1.82, 2.24) is 9.21 Å². The van der Waals surface area contributed by atoms with Gasteiger partial charge in [-0.1, -0.05) is 18.2 Å². The number of methoxy groups -OCH3 is 1. The molecule has 0 N–H and O–H groups in total. The fourth-order valence-corrected chi connectivity index (χ4v) is 2.20. The van der Waals surface area contributed by atoms with Crippen molar-refractivity contribution in [3.63, 3.8) is 0 Å². The van der Waals surface area contributed by atoms with Crippen molar-refractivity contribution in [3.8, 4) is 5.75 Å². The van der Waals surface area contributed by atoms with Gasteiger partial charge in [0.15, 0.2) is 0 Å². The van der Waals surface area contributed by atoms with E-state index in [4.69, 9.17) is 4.74 Å². The number of hydrogen-bond acceptors (Lipinski definition) is 4. The largest absolute Gasteiger partial charge is 0.496 e. The Morgan fingerprint density at radius 3 is 2.38 bits per heavy atom. The van der Waals surface area contributed by atoms with Gasteiger partial charge < -0.3 is 9.64 Å². The quantitative estimate of drug-likeness (QED) is 0.789. The third kappa shape index (κ3) is 4.44. The predicted molar refractivity (Wildman–Crippen MR) is 81.7 cm³/mol. The summed E-state index contributed by atoms with van der Waals surface area (Å²) in [5.41, 5.74) is 0.873. The molecule has 0 spiro atoms. The summed E-state index contributed by atoms with van der Waals surface area (Å²) < 4.78 is 29.0. The number of benzene rings is 1. The zero-order valence-electron chi connectivity index (χ0n) is 13.0. The molecule has 0 aliphatic heterocycles. The van der Waals surface area contributed by atoms with E-state index in [9.17, 15) is 13.2 Å². The van der Waals surface area contributed by atoms with Crippen molar-refractivity contribution in [1.29, 1.82) is 0 Å². The lowest BCUT2D eigenvalue weighted by molar-refractivity contribution is -0.131. The maximum Gasteiger partial charge on any atom is 0.238 e. The van der Waals surface area contributed by atoms with E-state index in [-0.39, 0.29) is 18.5 Å². The molecule has 6 nitrogen and oxygen atoms in total. The van der Waals surface area contributed by atoms with Crippen molar-refractivity contribution < 1.29 is 17.9 Å². The van der Waals surface area contributed by atoms with Gasteiger partial charge in [-0.2, -0.15) is 4.31 Å². The molecule has 1 aromatic rings.